The first-order chi connectivity index (χ1) is 23.8. The molecular formula is C38H43F2N3O7. The Kier molecular flexibility index (Phi) is 9.76. The number of alkyl halides is 2. The highest BCUT2D eigenvalue weighted by Gasteiger charge is 2.51. The standard InChI is InChI=1S/C38H43F2N3O7/c1-37(2,3)50-36(47)41-19-17-30(26-8-5-7-25(21-26)24-9-14-29(44)15-10-24)31(23-41)34(45)43(27-11-12-27)28-13-16-33-32(22-28)42(18-6-20-48-4)35(46)38(39,40)49-33/h5,7-10,13-16,21-22,27,30-31,44H,6,11-12,17-20,23H2,1-4H3/t30-,31+/m1/s1. The van der Waals surface area contributed by atoms with Crippen molar-refractivity contribution < 1.29 is 42.5 Å². The third kappa shape index (κ3) is 7.55. The second kappa shape index (κ2) is 13.9. The number of methoxy groups -OCH3 is 1. The predicted molar refractivity (Wildman–Crippen MR) is 184 cm³/mol. The summed E-state index contributed by atoms with van der Waals surface area (Å²) in [6, 6.07) is 19.2. The van der Waals surface area contributed by atoms with E-state index in [9.17, 15) is 28.3 Å². The Bertz CT molecular complexity index is 1740. The zero-order chi connectivity index (χ0) is 35.8. The summed E-state index contributed by atoms with van der Waals surface area (Å²) in [6.07, 6.45) is -2.21. The normalized spacial score (nSPS) is 20.2. The number of halogens is 2. The van der Waals surface area contributed by atoms with Crippen molar-refractivity contribution >= 4 is 29.3 Å². The van der Waals surface area contributed by atoms with E-state index in [-0.39, 0.29) is 54.7 Å². The lowest BCUT2D eigenvalue weighted by Gasteiger charge is -2.41. The zero-order valence-electron chi connectivity index (χ0n) is 28.7. The van der Waals surface area contributed by atoms with Crippen LogP contribution in [0.25, 0.3) is 11.1 Å². The molecule has 0 aromatic heterocycles. The molecule has 1 saturated carbocycles. The van der Waals surface area contributed by atoms with Crippen LogP contribution in [0.1, 0.15) is 57.9 Å². The maximum Gasteiger partial charge on any atom is 0.482 e. The maximum atomic E-state index is 14.9. The van der Waals surface area contributed by atoms with Crippen LogP contribution < -0.4 is 14.5 Å². The van der Waals surface area contributed by atoms with Gasteiger partial charge in [0.25, 0.3) is 0 Å². The first-order valence-electron chi connectivity index (χ1n) is 17.0. The SMILES string of the molecule is COCCCN1C(=O)C(F)(F)Oc2ccc(N(C(=O)[C@H]3CN(C(=O)OC(C)(C)C)CC[C@@H]3c3cccc(-c4ccc(O)cc4)c3)C3CC3)cc21. The number of nitrogens with zero attached hydrogens (tertiary/aromatic N) is 3. The molecule has 2 aliphatic heterocycles. The van der Waals surface area contributed by atoms with Crippen LogP contribution in [0.15, 0.2) is 66.7 Å². The number of aromatic hydroxyl groups is 1. The minimum Gasteiger partial charge on any atom is -0.508 e. The van der Waals surface area contributed by atoms with E-state index in [0.29, 0.717) is 25.1 Å². The summed E-state index contributed by atoms with van der Waals surface area (Å²) in [5, 5.41) is 9.81. The lowest BCUT2D eigenvalue weighted by molar-refractivity contribution is -0.192. The van der Waals surface area contributed by atoms with Crippen molar-refractivity contribution in [2.75, 3.05) is 43.2 Å². The molecule has 3 aromatic carbocycles. The first kappa shape index (κ1) is 35.1. The minimum atomic E-state index is -4.03. The lowest BCUT2D eigenvalue weighted by atomic mass is 9.78. The summed E-state index contributed by atoms with van der Waals surface area (Å²) in [7, 11) is 1.49. The van der Waals surface area contributed by atoms with Gasteiger partial charge in [0.1, 0.15) is 11.4 Å². The number of phenolic OH excluding ortho intramolecular Hbond substituents is 1. The molecule has 0 spiro atoms. The van der Waals surface area contributed by atoms with Gasteiger partial charge in [-0.05, 0) is 99.4 Å². The van der Waals surface area contributed by atoms with Gasteiger partial charge in [-0.15, -0.1) is 0 Å². The van der Waals surface area contributed by atoms with Gasteiger partial charge in [0, 0.05) is 45.1 Å². The number of fused-ring (bicyclic) bond motifs is 1. The van der Waals surface area contributed by atoms with Crippen LogP contribution in [0.2, 0.25) is 0 Å². The van der Waals surface area contributed by atoms with Gasteiger partial charge in [0.05, 0.1) is 11.6 Å². The number of phenols is 1. The largest absolute Gasteiger partial charge is 0.508 e. The highest BCUT2D eigenvalue weighted by atomic mass is 19.3. The van der Waals surface area contributed by atoms with E-state index in [1.807, 2.05) is 36.4 Å². The van der Waals surface area contributed by atoms with Crippen molar-refractivity contribution in [3.63, 3.8) is 0 Å². The third-order valence-corrected chi connectivity index (χ3v) is 9.22. The molecule has 12 heteroatoms. The molecule has 2 heterocycles. The van der Waals surface area contributed by atoms with Crippen molar-refractivity contribution in [2.24, 2.45) is 5.92 Å². The van der Waals surface area contributed by atoms with Crippen LogP contribution in [-0.2, 0) is 19.1 Å². The van der Waals surface area contributed by atoms with Gasteiger partial charge in [-0.25, -0.2) is 4.79 Å². The number of benzene rings is 3. The third-order valence-electron chi connectivity index (χ3n) is 9.22. The van der Waals surface area contributed by atoms with Crippen molar-refractivity contribution in [1.82, 2.24) is 4.90 Å². The molecule has 1 aliphatic carbocycles. The zero-order valence-corrected chi connectivity index (χ0v) is 28.7. The highest BCUT2D eigenvalue weighted by Crippen LogP contribution is 2.45. The van der Waals surface area contributed by atoms with Gasteiger partial charge in [-0.2, -0.15) is 8.78 Å². The van der Waals surface area contributed by atoms with E-state index >= 15 is 0 Å². The Morgan fingerprint density at radius 3 is 2.44 bits per heavy atom. The summed E-state index contributed by atoms with van der Waals surface area (Å²) in [5.74, 6) is -2.60. The van der Waals surface area contributed by atoms with E-state index in [2.05, 4.69) is 0 Å². The number of likely N-dealkylation sites (tertiary alicyclic amines) is 1. The van der Waals surface area contributed by atoms with Gasteiger partial charge < -0.3 is 34.0 Å². The van der Waals surface area contributed by atoms with Crippen LogP contribution in [0.3, 0.4) is 0 Å². The van der Waals surface area contributed by atoms with Gasteiger partial charge >= 0.3 is 18.1 Å². The van der Waals surface area contributed by atoms with Crippen LogP contribution in [0.4, 0.5) is 25.0 Å². The molecule has 1 saturated heterocycles. The number of anilines is 2. The molecule has 3 amide bonds. The van der Waals surface area contributed by atoms with E-state index < -0.39 is 29.6 Å². The Hall–Kier alpha value is -4.71. The molecule has 50 heavy (non-hydrogen) atoms. The lowest BCUT2D eigenvalue weighted by Crippen LogP contribution is -2.52. The van der Waals surface area contributed by atoms with Crippen molar-refractivity contribution in [1.29, 1.82) is 0 Å². The molecule has 0 bridgehead atoms. The van der Waals surface area contributed by atoms with Gasteiger partial charge in [-0.3, -0.25) is 9.59 Å². The number of hydrogen-bond donors (Lipinski definition) is 1. The van der Waals surface area contributed by atoms with Gasteiger partial charge in [0.15, 0.2) is 5.75 Å². The fourth-order valence-corrected chi connectivity index (χ4v) is 6.72. The molecule has 266 valence electrons. The number of carbonyl (C=O) groups is 3. The second-order valence-electron chi connectivity index (χ2n) is 14.1. The number of amides is 3. The monoisotopic (exact) mass is 691 g/mol. The Morgan fingerprint density at radius 2 is 1.76 bits per heavy atom. The fraction of sp³-hybridized carbons (Fsp3) is 0.447. The van der Waals surface area contributed by atoms with Crippen LogP contribution in [-0.4, -0.2) is 79.0 Å². The second-order valence-corrected chi connectivity index (χ2v) is 14.1. The van der Waals surface area contributed by atoms with Crippen LogP contribution in [0, 0.1) is 5.92 Å². The average Bonchev–Trinajstić information content (AvgIpc) is 3.91. The van der Waals surface area contributed by atoms with E-state index in [1.165, 1.54) is 13.2 Å². The highest BCUT2D eigenvalue weighted by molar-refractivity contribution is 6.03. The Labute approximate surface area is 290 Å². The Balaban J connectivity index is 1.36. The molecule has 3 aliphatic rings. The summed E-state index contributed by atoms with van der Waals surface area (Å²) < 4.78 is 44.8. The molecule has 2 atom stereocenters. The number of carbonyl (C=O) groups excluding carboxylic acids is 3. The van der Waals surface area contributed by atoms with Crippen molar-refractivity contribution in [2.45, 2.75) is 70.1 Å². The minimum absolute atomic E-state index is 0.0215. The number of hydrogen-bond acceptors (Lipinski definition) is 7. The van der Waals surface area contributed by atoms with Gasteiger partial charge in [-0.1, -0.05) is 36.4 Å². The first-order valence-corrected chi connectivity index (χ1v) is 17.0. The molecule has 0 unspecified atom stereocenters. The molecule has 3 aromatic rings. The van der Waals surface area contributed by atoms with Crippen LogP contribution in [0.5, 0.6) is 11.5 Å². The van der Waals surface area contributed by atoms with E-state index in [4.69, 9.17) is 14.2 Å². The van der Waals surface area contributed by atoms with Crippen molar-refractivity contribution in [3.8, 4) is 22.6 Å². The number of ether oxygens (including phenoxy) is 3. The molecule has 0 radical (unpaired) electrons. The Morgan fingerprint density at radius 1 is 1.02 bits per heavy atom. The molecule has 1 N–H and O–H groups in total. The predicted octanol–water partition coefficient (Wildman–Crippen LogP) is 6.95. The van der Waals surface area contributed by atoms with E-state index in [0.717, 1.165) is 34.4 Å². The fourth-order valence-electron chi connectivity index (χ4n) is 6.72. The maximum absolute atomic E-state index is 14.9. The molecule has 2 fully saturated rings. The summed E-state index contributed by atoms with van der Waals surface area (Å²) in [6.45, 7) is 6.14. The summed E-state index contributed by atoms with van der Waals surface area (Å²) in [5.41, 5.74) is 2.66. The van der Waals surface area contributed by atoms with E-state index in [1.54, 1.807) is 54.8 Å². The number of piperidine rings is 1. The molecule has 10 nitrogen and oxygen atoms in total. The van der Waals surface area contributed by atoms with Crippen molar-refractivity contribution in [3.05, 3.63) is 72.3 Å². The van der Waals surface area contributed by atoms with Gasteiger partial charge in [0.2, 0.25) is 5.91 Å². The molecular weight excluding hydrogens is 648 g/mol. The quantitative estimate of drug-likeness (QED) is 0.242. The topological polar surface area (TPSA) is 109 Å². The summed E-state index contributed by atoms with van der Waals surface area (Å²) in [4.78, 5) is 45.3. The molecule has 6 rings (SSSR count). The number of rotatable bonds is 9. The summed E-state index contributed by atoms with van der Waals surface area (Å²) >= 11 is 0. The average molecular weight is 692 g/mol. The van der Waals surface area contributed by atoms with Crippen LogP contribution >= 0.6 is 0 Å². The smallest absolute Gasteiger partial charge is 0.482 e.